The zero-order chi connectivity index (χ0) is 13.3. The third-order valence-corrected chi connectivity index (χ3v) is 3.53. The van der Waals surface area contributed by atoms with E-state index in [0.717, 1.165) is 17.9 Å². The molecule has 0 unspecified atom stereocenters. The molecule has 0 saturated carbocycles. The first-order valence-corrected chi connectivity index (χ1v) is 6.08. The third kappa shape index (κ3) is 2.04. The zero-order valence-corrected chi connectivity index (χ0v) is 11.4. The summed E-state index contributed by atoms with van der Waals surface area (Å²) in [6.07, 6.45) is 9.44. The summed E-state index contributed by atoms with van der Waals surface area (Å²) >= 11 is 0. The van der Waals surface area contributed by atoms with Gasteiger partial charge in [0.25, 0.3) is 0 Å². The Hall–Kier alpha value is -2.01. The van der Waals surface area contributed by atoms with Crippen molar-refractivity contribution in [3.8, 4) is 12.3 Å². The van der Waals surface area contributed by atoms with Gasteiger partial charge in [0, 0.05) is 24.5 Å². The Morgan fingerprint density at radius 2 is 1.94 bits per heavy atom. The fraction of sp³-hybridized carbons (Fsp3) is 0.312. The normalized spacial score (nSPS) is 10.4. The van der Waals surface area contributed by atoms with Gasteiger partial charge in [0.1, 0.15) is 5.82 Å². The minimum absolute atomic E-state index is 0.832. The molecule has 0 bridgehead atoms. The minimum Gasteiger partial charge on any atom is -0.331 e. The highest BCUT2D eigenvalue weighted by Crippen LogP contribution is 2.22. The number of nitrogens with zero attached hydrogens (tertiary/aromatic N) is 2. The molecule has 0 aliphatic heterocycles. The van der Waals surface area contributed by atoms with E-state index >= 15 is 0 Å². The van der Waals surface area contributed by atoms with Crippen LogP contribution in [-0.2, 0) is 6.54 Å². The predicted molar refractivity (Wildman–Crippen MR) is 74.7 cm³/mol. The highest BCUT2D eigenvalue weighted by Gasteiger charge is 2.10. The van der Waals surface area contributed by atoms with Crippen LogP contribution >= 0.6 is 0 Å². The second-order valence-corrected chi connectivity index (χ2v) is 4.74. The molecule has 0 aliphatic carbocycles. The SMILES string of the molecule is C#Cc1c(C)cc(C)c(Cn2ccnc2C)c1C. The Kier molecular flexibility index (Phi) is 3.25. The highest BCUT2D eigenvalue weighted by molar-refractivity contribution is 5.52. The van der Waals surface area contributed by atoms with Crippen molar-refractivity contribution in [1.29, 1.82) is 0 Å². The van der Waals surface area contributed by atoms with E-state index < -0.39 is 0 Å². The second kappa shape index (κ2) is 4.70. The van der Waals surface area contributed by atoms with Gasteiger partial charge in [0.15, 0.2) is 0 Å². The number of aromatic nitrogens is 2. The molecule has 1 aromatic carbocycles. The molecule has 0 radical (unpaired) electrons. The summed E-state index contributed by atoms with van der Waals surface area (Å²) in [7, 11) is 0. The first-order valence-electron chi connectivity index (χ1n) is 6.08. The van der Waals surface area contributed by atoms with E-state index in [1.54, 1.807) is 0 Å². The molecule has 0 amide bonds. The number of hydrogen-bond donors (Lipinski definition) is 0. The first-order chi connectivity index (χ1) is 8.54. The van der Waals surface area contributed by atoms with Crippen molar-refractivity contribution in [3.63, 3.8) is 0 Å². The van der Waals surface area contributed by atoms with Gasteiger partial charge in [-0.05, 0) is 49.9 Å². The quantitative estimate of drug-likeness (QED) is 0.735. The van der Waals surface area contributed by atoms with Crippen LogP contribution in [0.15, 0.2) is 18.5 Å². The smallest absolute Gasteiger partial charge is 0.105 e. The van der Waals surface area contributed by atoms with Gasteiger partial charge in [0.2, 0.25) is 0 Å². The summed E-state index contributed by atoms with van der Waals surface area (Å²) in [6, 6.07) is 2.17. The van der Waals surface area contributed by atoms with E-state index in [2.05, 4.69) is 42.3 Å². The van der Waals surface area contributed by atoms with Gasteiger partial charge in [-0.15, -0.1) is 6.42 Å². The predicted octanol–water partition coefficient (Wildman–Crippen LogP) is 3.15. The fourth-order valence-electron chi connectivity index (χ4n) is 2.43. The number of rotatable bonds is 2. The Labute approximate surface area is 109 Å². The molecular weight excluding hydrogens is 220 g/mol. The lowest BCUT2D eigenvalue weighted by Crippen LogP contribution is -2.06. The molecular formula is C16H18N2. The maximum Gasteiger partial charge on any atom is 0.105 e. The van der Waals surface area contributed by atoms with Gasteiger partial charge in [-0.25, -0.2) is 4.98 Å². The van der Waals surface area contributed by atoms with Gasteiger partial charge < -0.3 is 4.57 Å². The van der Waals surface area contributed by atoms with Crippen molar-refractivity contribution in [2.75, 3.05) is 0 Å². The van der Waals surface area contributed by atoms with Crippen LogP contribution < -0.4 is 0 Å². The topological polar surface area (TPSA) is 17.8 Å². The summed E-state index contributed by atoms with van der Waals surface area (Å²) in [5.41, 5.74) is 6.00. The Morgan fingerprint density at radius 1 is 1.22 bits per heavy atom. The van der Waals surface area contributed by atoms with E-state index in [1.807, 2.05) is 19.3 Å². The summed E-state index contributed by atoms with van der Waals surface area (Å²) in [5.74, 6) is 3.83. The monoisotopic (exact) mass is 238 g/mol. The Bertz CT molecular complexity index is 627. The second-order valence-electron chi connectivity index (χ2n) is 4.74. The zero-order valence-electron chi connectivity index (χ0n) is 11.4. The van der Waals surface area contributed by atoms with E-state index in [1.165, 1.54) is 22.3 Å². The Balaban J connectivity index is 2.52. The van der Waals surface area contributed by atoms with Crippen LogP contribution in [0.4, 0.5) is 0 Å². The number of terminal acetylenes is 1. The fourth-order valence-corrected chi connectivity index (χ4v) is 2.43. The van der Waals surface area contributed by atoms with Crippen LogP contribution in [0.1, 0.15) is 33.6 Å². The van der Waals surface area contributed by atoms with Crippen molar-refractivity contribution in [3.05, 3.63) is 52.1 Å². The lowest BCUT2D eigenvalue weighted by Gasteiger charge is -2.15. The van der Waals surface area contributed by atoms with Crippen LogP contribution in [0.5, 0.6) is 0 Å². The van der Waals surface area contributed by atoms with Crippen molar-refractivity contribution >= 4 is 0 Å². The maximum absolute atomic E-state index is 5.60. The lowest BCUT2D eigenvalue weighted by atomic mass is 9.93. The van der Waals surface area contributed by atoms with Crippen LogP contribution in [0, 0.1) is 40.0 Å². The van der Waals surface area contributed by atoms with Crippen LogP contribution in [0.2, 0.25) is 0 Å². The van der Waals surface area contributed by atoms with E-state index in [0.29, 0.717) is 0 Å². The molecule has 2 aromatic rings. The molecule has 2 nitrogen and oxygen atoms in total. The van der Waals surface area contributed by atoms with Crippen LogP contribution in [0.3, 0.4) is 0 Å². The van der Waals surface area contributed by atoms with Gasteiger partial charge in [-0.2, -0.15) is 0 Å². The minimum atomic E-state index is 0.832. The van der Waals surface area contributed by atoms with E-state index in [4.69, 9.17) is 6.42 Å². The lowest BCUT2D eigenvalue weighted by molar-refractivity contribution is 0.752. The molecule has 92 valence electrons. The third-order valence-electron chi connectivity index (χ3n) is 3.53. The van der Waals surface area contributed by atoms with Crippen LogP contribution in [-0.4, -0.2) is 9.55 Å². The van der Waals surface area contributed by atoms with E-state index in [9.17, 15) is 0 Å². The molecule has 1 heterocycles. The number of benzene rings is 1. The summed E-state index contributed by atoms with van der Waals surface area (Å²) in [4.78, 5) is 4.25. The summed E-state index contributed by atoms with van der Waals surface area (Å²) in [6.45, 7) is 9.17. The molecule has 0 saturated heterocycles. The average molecular weight is 238 g/mol. The molecule has 2 rings (SSSR count). The highest BCUT2D eigenvalue weighted by atomic mass is 15.0. The molecule has 0 atom stereocenters. The molecule has 18 heavy (non-hydrogen) atoms. The van der Waals surface area contributed by atoms with Crippen LogP contribution in [0.25, 0.3) is 0 Å². The molecule has 0 fully saturated rings. The van der Waals surface area contributed by atoms with Gasteiger partial charge >= 0.3 is 0 Å². The summed E-state index contributed by atoms with van der Waals surface area (Å²) in [5, 5.41) is 0. The van der Waals surface area contributed by atoms with Crippen molar-refractivity contribution in [2.24, 2.45) is 0 Å². The van der Waals surface area contributed by atoms with Gasteiger partial charge in [0.05, 0.1) is 0 Å². The van der Waals surface area contributed by atoms with E-state index in [-0.39, 0.29) is 0 Å². The molecule has 0 N–H and O–H groups in total. The molecule has 2 heteroatoms. The largest absolute Gasteiger partial charge is 0.331 e. The number of aryl methyl sites for hydroxylation is 3. The molecule has 0 aliphatic rings. The van der Waals surface area contributed by atoms with Gasteiger partial charge in [-0.1, -0.05) is 12.0 Å². The van der Waals surface area contributed by atoms with Gasteiger partial charge in [-0.3, -0.25) is 0 Å². The summed E-state index contributed by atoms with van der Waals surface area (Å²) < 4.78 is 2.14. The maximum atomic E-state index is 5.60. The molecule has 1 aromatic heterocycles. The average Bonchev–Trinajstić information content (AvgIpc) is 2.70. The van der Waals surface area contributed by atoms with Crippen molar-refractivity contribution in [2.45, 2.75) is 34.2 Å². The van der Waals surface area contributed by atoms with Crippen molar-refractivity contribution < 1.29 is 0 Å². The standard InChI is InChI=1S/C16H18N2/c1-6-15-11(2)9-12(3)16(13(15)4)10-18-8-7-17-14(18)5/h1,7-9H,10H2,2-5H3. The molecule has 0 spiro atoms. The van der Waals surface area contributed by atoms with Crippen molar-refractivity contribution in [1.82, 2.24) is 9.55 Å². The number of hydrogen-bond acceptors (Lipinski definition) is 1. The number of imidazole rings is 1. The Morgan fingerprint density at radius 3 is 2.50 bits per heavy atom. The first kappa shape index (κ1) is 12.4.